The van der Waals surface area contributed by atoms with Gasteiger partial charge in [0.1, 0.15) is 18.4 Å². The van der Waals surface area contributed by atoms with Gasteiger partial charge in [-0.05, 0) is 140 Å². The standard InChI is InChI=1S/C40H59NO6/c1-24(2)27-15-20-40(35(45)41-23-32(42)43)22-21-38(6)28(33(27)40)13-14-30-37(5)18-17-31(36(3,4)29(37)16-19-39(30,38)7)47-34(44)25-9-11-26(46-8)12-10-25/h9-12,24,27-31,33H,13-23H2,1-8H3,(H,41,45)(H,42,43)/t27-,28?,29?,30?,31+,33?,37-,38+,39+,40-/m0/s1. The van der Waals surface area contributed by atoms with Crippen LogP contribution in [0.2, 0.25) is 0 Å². The highest BCUT2D eigenvalue weighted by molar-refractivity contribution is 5.89. The fourth-order valence-corrected chi connectivity index (χ4v) is 13.2. The van der Waals surface area contributed by atoms with E-state index >= 15 is 0 Å². The molecule has 47 heavy (non-hydrogen) atoms. The summed E-state index contributed by atoms with van der Waals surface area (Å²) in [6, 6.07) is 7.20. The van der Waals surface area contributed by atoms with Crippen LogP contribution in [0.1, 0.15) is 123 Å². The van der Waals surface area contributed by atoms with Crippen LogP contribution in [0.25, 0.3) is 0 Å². The van der Waals surface area contributed by atoms with E-state index in [-0.39, 0.29) is 46.2 Å². The monoisotopic (exact) mass is 649 g/mol. The SMILES string of the molecule is COc1ccc(C(=O)O[C@@H]2CC[C@@]3(C)C(CC[C@]4(C)C3CCC3C5[C@H](C(C)C)CC[C@]5(C(=O)NCC(=O)O)CC[C@]34C)C2(C)C)cc1. The highest BCUT2D eigenvalue weighted by Crippen LogP contribution is 2.77. The van der Waals surface area contributed by atoms with Crippen LogP contribution in [-0.4, -0.2) is 42.7 Å². The molecule has 7 heteroatoms. The van der Waals surface area contributed by atoms with Crippen LogP contribution in [0.3, 0.4) is 0 Å². The molecule has 260 valence electrons. The molecule has 0 heterocycles. The van der Waals surface area contributed by atoms with Gasteiger partial charge in [0, 0.05) is 5.41 Å². The molecule has 0 aliphatic heterocycles. The number of benzene rings is 1. The van der Waals surface area contributed by atoms with Crippen LogP contribution in [0.4, 0.5) is 0 Å². The van der Waals surface area contributed by atoms with Crippen molar-refractivity contribution in [2.75, 3.05) is 13.7 Å². The summed E-state index contributed by atoms with van der Waals surface area (Å²) in [7, 11) is 1.62. The van der Waals surface area contributed by atoms with Gasteiger partial charge in [-0.1, -0.05) is 48.5 Å². The fourth-order valence-electron chi connectivity index (χ4n) is 13.2. The number of aliphatic carboxylic acids is 1. The molecule has 0 saturated heterocycles. The van der Waals surface area contributed by atoms with E-state index in [0.717, 1.165) is 63.5 Å². The molecule has 10 atom stereocenters. The van der Waals surface area contributed by atoms with Gasteiger partial charge in [0.2, 0.25) is 5.91 Å². The quantitative estimate of drug-likeness (QED) is 0.289. The zero-order valence-corrected chi connectivity index (χ0v) is 30.1. The summed E-state index contributed by atoms with van der Waals surface area (Å²) in [5, 5.41) is 12.2. The minimum absolute atomic E-state index is 0.0118. The summed E-state index contributed by atoms with van der Waals surface area (Å²) in [5.41, 5.74) is 0.379. The van der Waals surface area contributed by atoms with Crippen molar-refractivity contribution in [2.45, 2.75) is 119 Å². The summed E-state index contributed by atoms with van der Waals surface area (Å²) in [4.78, 5) is 38.7. The largest absolute Gasteiger partial charge is 0.497 e. The van der Waals surface area contributed by atoms with Crippen LogP contribution in [0, 0.1) is 62.6 Å². The van der Waals surface area contributed by atoms with E-state index < -0.39 is 11.4 Å². The highest BCUT2D eigenvalue weighted by atomic mass is 16.5. The van der Waals surface area contributed by atoms with Gasteiger partial charge in [0.25, 0.3) is 0 Å². The second-order valence-corrected chi connectivity index (χ2v) is 17.9. The number of hydrogen-bond acceptors (Lipinski definition) is 5. The molecule has 5 saturated carbocycles. The molecule has 1 aromatic rings. The maximum atomic E-state index is 13.9. The van der Waals surface area contributed by atoms with Crippen molar-refractivity contribution < 1.29 is 29.0 Å². The van der Waals surface area contributed by atoms with Gasteiger partial charge in [-0.15, -0.1) is 0 Å². The molecule has 0 radical (unpaired) electrons. The number of nitrogens with one attached hydrogen (secondary N) is 1. The predicted molar refractivity (Wildman–Crippen MR) is 182 cm³/mol. The summed E-state index contributed by atoms with van der Waals surface area (Å²) in [6.45, 7) is 16.8. The van der Waals surface area contributed by atoms with Gasteiger partial charge in [-0.3, -0.25) is 9.59 Å². The Morgan fingerprint density at radius 1 is 0.851 bits per heavy atom. The Bertz CT molecular complexity index is 1390. The summed E-state index contributed by atoms with van der Waals surface area (Å²) < 4.78 is 11.6. The van der Waals surface area contributed by atoms with Crippen molar-refractivity contribution >= 4 is 17.8 Å². The number of amides is 1. The van der Waals surface area contributed by atoms with E-state index in [1.54, 1.807) is 19.2 Å². The number of fused-ring (bicyclic) bond motifs is 7. The van der Waals surface area contributed by atoms with Gasteiger partial charge in [-0.25, -0.2) is 4.79 Å². The molecule has 6 rings (SSSR count). The minimum Gasteiger partial charge on any atom is -0.497 e. The number of rotatable bonds is 7. The number of carbonyl (C=O) groups excluding carboxylic acids is 2. The Balaban J connectivity index is 1.26. The normalized spacial score (nSPS) is 41.9. The number of ether oxygens (including phenoxy) is 2. The first kappa shape index (κ1) is 34.3. The van der Waals surface area contributed by atoms with Gasteiger partial charge in [0.05, 0.1) is 18.1 Å². The molecule has 2 N–H and O–H groups in total. The first-order chi connectivity index (χ1) is 22.0. The van der Waals surface area contributed by atoms with E-state index in [1.165, 1.54) is 6.42 Å². The molecule has 1 amide bonds. The molecular weight excluding hydrogens is 590 g/mol. The maximum Gasteiger partial charge on any atom is 0.338 e. The second kappa shape index (κ2) is 11.8. The fraction of sp³-hybridized carbons (Fsp3) is 0.775. The summed E-state index contributed by atoms with van der Waals surface area (Å²) >= 11 is 0. The van der Waals surface area contributed by atoms with E-state index in [0.29, 0.717) is 41.1 Å². The first-order valence-corrected chi connectivity index (χ1v) is 18.4. The van der Waals surface area contributed by atoms with Gasteiger partial charge in [-0.2, -0.15) is 0 Å². The van der Waals surface area contributed by atoms with E-state index in [9.17, 15) is 19.5 Å². The minimum atomic E-state index is -0.975. The number of methoxy groups -OCH3 is 1. The van der Waals surface area contributed by atoms with Crippen molar-refractivity contribution in [3.05, 3.63) is 29.8 Å². The van der Waals surface area contributed by atoms with Crippen molar-refractivity contribution in [1.29, 1.82) is 0 Å². The van der Waals surface area contributed by atoms with Gasteiger partial charge >= 0.3 is 11.9 Å². The number of hydrogen-bond donors (Lipinski definition) is 2. The maximum absolute atomic E-state index is 13.9. The third kappa shape index (κ3) is 5.06. The van der Waals surface area contributed by atoms with Gasteiger partial charge < -0.3 is 19.9 Å². The molecule has 4 unspecified atom stereocenters. The molecule has 0 bridgehead atoms. The third-order valence-corrected chi connectivity index (χ3v) is 15.7. The molecule has 7 nitrogen and oxygen atoms in total. The van der Waals surface area contributed by atoms with Crippen LogP contribution < -0.4 is 10.1 Å². The molecule has 1 aromatic carbocycles. The van der Waals surface area contributed by atoms with Crippen molar-refractivity contribution in [1.82, 2.24) is 5.32 Å². The molecule has 5 aliphatic rings. The third-order valence-electron chi connectivity index (χ3n) is 15.7. The summed E-state index contributed by atoms with van der Waals surface area (Å²) in [5.74, 6) is 2.23. The zero-order valence-electron chi connectivity index (χ0n) is 30.1. The number of carboxylic acid groups (broad SMARTS) is 1. The molecule has 0 spiro atoms. The van der Waals surface area contributed by atoms with E-state index in [1.807, 2.05) is 12.1 Å². The van der Waals surface area contributed by atoms with E-state index in [2.05, 4.69) is 53.8 Å². The lowest BCUT2D eigenvalue weighted by atomic mass is 9.32. The van der Waals surface area contributed by atoms with Crippen LogP contribution in [-0.2, 0) is 14.3 Å². The predicted octanol–water partition coefficient (Wildman–Crippen LogP) is 8.16. The zero-order chi connectivity index (χ0) is 34.2. The number of esters is 1. The Morgan fingerprint density at radius 3 is 2.19 bits per heavy atom. The summed E-state index contributed by atoms with van der Waals surface area (Å²) in [6.07, 6.45) is 10.2. The highest BCUT2D eigenvalue weighted by Gasteiger charge is 2.72. The Hall–Kier alpha value is -2.57. The first-order valence-electron chi connectivity index (χ1n) is 18.4. The second-order valence-electron chi connectivity index (χ2n) is 17.9. The van der Waals surface area contributed by atoms with Crippen LogP contribution >= 0.6 is 0 Å². The smallest absolute Gasteiger partial charge is 0.338 e. The number of carboxylic acids is 1. The molecular formula is C40H59NO6. The average molecular weight is 650 g/mol. The Labute approximate surface area is 282 Å². The lowest BCUT2D eigenvalue weighted by Crippen LogP contribution is -2.67. The topological polar surface area (TPSA) is 102 Å². The van der Waals surface area contributed by atoms with Crippen molar-refractivity contribution in [3.8, 4) is 5.75 Å². The van der Waals surface area contributed by atoms with Crippen LogP contribution in [0.5, 0.6) is 5.75 Å². The van der Waals surface area contributed by atoms with Crippen LogP contribution in [0.15, 0.2) is 24.3 Å². The Kier molecular flexibility index (Phi) is 8.60. The van der Waals surface area contributed by atoms with Crippen molar-refractivity contribution in [2.24, 2.45) is 62.6 Å². The van der Waals surface area contributed by atoms with Crippen molar-refractivity contribution in [3.63, 3.8) is 0 Å². The molecule has 0 aromatic heterocycles. The molecule has 5 fully saturated rings. The lowest BCUT2D eigenvalue weighted by Gasteiger charge is -2.73. The Morgan fingerprint density at radius 2 is 1.55 bits per heavy atom. The van der Waals surface area contributed by atoms with E-state index in [4.69, 9.17) is 9.47 Å². The lowest BCUT2D eigenvalue weighted by molar-refractivity contribution is -0.247. The number of carbonyl (C=O) groups is 3. The molecule has 5 aliphatic carbocycles. The average Bonchev–Trinajstić information content (AvgIpc) is 3.43. The van der Waals surface area contributed by atoms with Gasteiger partial charge in [0.15, 0.2) is 0 Å².